The third kappa shape index (κ3) is 1.97. The highest BCUT2D eigenvalue weighted by Crippen LogP contribution is 2.35. The molecule has 90 valence electrons. The van der Waals surface area contributed by atoms with Gasteiger partial charge in [-0.25, -0.2) is 0 Å². The number of ether oxygens (including phenoxy) is 1. The van der Waals surface area contributed by atoms with Crippen LogP contribution in [0.3, 0.4) is 0 Å². The smallest absolute Gasteiger partial charge is 0.255 e. The lowest BCUT2D eigenvalue weighted by Crippen LogP contribution is -2.34. The van der Waals surface area contributed by atoms with Crippen LogP contribution in [0.1, 0.15) is 56.8 Å². The topological polar surface area (TPSA) is 74.2 Å². The van der Waals surface area contributed by atoms with Crippen LogP contribution in [-0.2, 0) is 10.3 Å². The van der Waals surface area contributed by atoms with E-state index in [0.29, 0.717) is 11.7 Å². The molecule has 0 aromatic carbocycles. The lowest BCUT2D eigenvalue weighted by molar-refractivity contribution is 0.0706. The van der Waals surface area contributed by atoms with E-state index >= 15 is 0 Å². The lowest BCUT2D eigenvalue weighted by Gasteiger charge is -2.17. The van der Waals surface area contributed by atoms with E-state index in [-0.39, 0.29) is 11.6 Å². The molecule has 1 fully saturated rings. The molecular weight excluding hydrogens is 206 g/mol. The van der Waals surface area contributed by atoms with Crippen molar-refractivity contribution in [2.24, 2.45) is 5.73 Å². The Morgan fingerprint density at radius 3 is 2.75 bits per heavy atom. The van der Waals surface area contributed by atoms with Crippen LogP contribution in [0.15, 0.2) is 4.52 Å². The van der Waals surface area contributed by atoms with Crippen LogP contribution in [-0.4, -0.2) is 17.3 Å². The first-order chi connectivity index (χ1) is 7.69. The predicted molar refractivity (Wildman–Crippen MR) is 58.7 cm³/mol. The maximum atomic E-state index is 6.25. The van der Waals surface area contributed by atoms with Crippen LogP contribution in [0.25, 0.3) is 0 Å². The average molecular weight is 225 g/mol. The molecule has 1 unspecified atom stereocenters. The summed E-state index contributed by atoms with van der Waals surface area (Å²) in [7, 11) is 1.64. The molecule has 1 saturated carbocycles. The Kier molecular flexibility index (Phi) is 3.25. The van der Waals surface area contributed by atoms with E-state index in [1.165, 1.54) is 0 Å². The first-order valence-electron chi connectivity index (χ1n) is 5.85. The zero-order chi connectivity index (χ0) is 11.6. The first kappa shape index (κ1) is 11.5. The van der Waals surface area contributed by atoms with Crippen LogP contribution >= 0.6 is 0 Å². The maximum Gasteiger partial charge on any atom is 0.255 e. The number of nitrogens with zero attached hydrogens (tertiary/aromatic N) is 2. The first-order valence-corrected chi connectivity index (χ1v) is 5.85. The molecule has 1 aliphatic carbocycles. The molecular formula is C11H19N3O2. The van der Waals surface area contributed by atoms with Gasteiger partial charge in [-0.15, -0.1) is 0 Å². The van der Waals surface area contributed by atoms with E-state index in [1.807, 2.05) is 6.92 Å². The predicted octanol–water partition coefficient (Wildman–Crippen LogP) is 1.90. The highest BCUT2D eigenvalue weighted by atomic mass is 16.5. The molecule has 5 nitrogen and oxygen atoms in total. The van der Waals surface area contributed by atoms with Gasteiger partial charge < -0.3 is 15.0 Å². The summed E-state index contributed by atoms with van der Waals surface area (Å²) >= 11 is 0. The van der Waals surface area contributed by atoms with Crippen molar-refractivity contribution < 1.29 is 9.26 Å². The molecule has 0 radical (unpaired) electrons. The number of methoxy groups -OCH3 is 1. The van der Waals surface area contributed by atoms with Crippen LogP contribution in [0.5, 0.6) is 0 Å². The van der Waals surface area contributed by atoms with Gasteiger partial charge in [0.2, 0.25) is 0 Å². The number of hydrogen-bond donors (Lipinski definition) is 1. The van der Waals surface area contributed by atoms with Gasteiger partial charge in [0.15, 0.2) is 5.82 Å². The fourth-order valence-corrected chi connectivity index (χ4v) is 2.24. The number of aromatic nitrogens is 2. The molecule has 16 heavy (non-hydrogen) atoms. The van der Waals surface area contributed by atoms with Crippen LogP contribution in [0.2, 0.25) is 0 Å². The third-order valence-electron chi connectivity index (χ3n) is 3.31. The van der Waals surface area contributed by atoms with Crippen molar-refractivity contribution in [1.29, 1.82) is 0 Å². The zero-order valence-corrected chi connectivity index (χ0v) is 9.90. The fourth-order valence-electron chi connectivity index (χ4n) is 2.24. The molecule has 2 rings (SSSR count). The van der Waals surface area contributed by atoms with Gasteiger partial charge in [0.25, 0.3) is 5.89 Å². The molecule has 1 atom stereocenters. The van der Waals surface area contributed by atoms with Gasteiger partial charge in [-0.2, -0.15) is 4.98 Å². The molecule has 1 aliphatic rings. The number of hydrogen-bond acceptors (Lipinski definition) is 5. The van der Waals surface area contributed by atoms with Crippen molar-refractivity contribution in [2.45, 2.75) is 50.7 Å². The molecule has 0 aliphatic heterocycles. The van der Waals surface area contributed by atoms with Crippen LogP contribution in [0, 0.1) is 0 Å². The average Bonchev–Trinajstić information content (AvgIpc) is 2.90. The summed E-state index contributed by atoms with van der Waals surface area (Å²) < 4.78 is 10.5. The Bertz CT molecular complexity index is 341. The van der Waals surface area contributed by atoms with Gasteiger partial charge in [0, 0.05) is 7.11 Å². The molecule has 0 saturated heterocycles. The molecule has 1 aromatic heterocycles. The van der Waals surface area contributed by atoms with Gasteiger partial charge in [-0.1, -0.05) is 24.9 Å². The Hall–Kier alpha value is -0.940. The largest absolute Gasteiger partial charge is 0.372 e. The summed E-state index contributed by atoms with van der Waals surface area (Å²) in [5.41, 5.74) is 5.87. The fraction of sp³-hybridized carbons (Fsp3) is 0.818. The zero-order valence-electron chi connectivity index (χ0n) is 9.90. The van der Waals surface area contributed by atoms with E-state index in [4.69, 9.17) is 15.0 Å². The van der Waals surface area contributed by atoms with Gasteiger partial charge in [0.1, 0.15) is 6.10 Å². The van der Waals surface area contributed by atoms with E-state index in [1.54, 1.807) is 7.11 Å². The highest BCUT2D eigenvalue weighted by molar-refractivity contribution is 5.07. The quantitative estimate of drug-likeness (QED) is 0.847. The van der Waals surface area contributed by atoms with E-state index < -0.39 is 0 Å². The van der Waals surface area contributed by atoms with Crippen molar-refractivity contribution in [3.05, 3.63) is 11.7 Å². The monoisotopic (exact) mass is 225 g/mol. The minimum absolute atomic E-state index is 0.119. The summed E-state index contributed by atoms with van der Waals surface area (Å²) in [6.45, 7) is 2.02. The summed E-state index contributed by atoms with van der Waals surface area (Å²) in [5.74, 6) is 1.17. The van der Waals surface area contributed by atoms with Gasteiger partial charge >= 0.3 is 0 Å². The van der Waals surface area contributed by atoms with E-state index in [2.05, 4.69) is 10.1 Å². The van der Waals surface area contributed by atoms with Crippen LogP contribution < -0.4 is 5.73 Å². The van der Waals surface area contributed by atoms with Crippen molar-refractivity contribution in [3.63, 3.8) is 0 Å². The second kappa shape index (κ2) is 4.51. The lowest BCUT2D eigenvalue weighted by atomic mass is 9.99. The minimum Gasteiger partial charge on any atom is -0.372 e. The number of rotatable bonds is 4. The molecule has 5 heteroatoms. The summed E-state index contributed by atoms with van der Waals surface area (Å²) in [6.07, 6.45) is 4.86. The Morgan fingerprint density at radius 2 is 2.19 bits per heavy atom. The molecule has 2 N–H and O–H groups in total. The molecule has 0 amide bonds. The molecule has 0 bridgehead atoms. The van der Waals surface area contributed by atoms with Crippen molar-refractivity contribution in [2.75, 3.05) is 7.11 Å². The van der Waals surface area contributed by atoms with Crippen molar-refractivity contribution in [1.82, 2.24) is 10.1 Å². The second-order valence-electron chi connectivity index (χ2n) is 4.45. The Balaban J connectivity index is 2.18. The second-order valence-corrected chi connectivity index (χ2v) is 4.45. The minimum atomic E-state index is -0.381. The van der Waals surface area contributed by atoms with Gasteiger partial charge in [-0.05, 0) is 19.3 Å². The van der Waals surface area contributed by atoms with Crippen molar-refractivity contribution in [3.8, 4) is 0 Å². The van der Waals surface area contributed by atoms with Crippen molar-refractivity contribution >= 4 is 0 Å². The number of nitrogens with two attached hydrogens (primary N) is 1. The summed E-state index contributed by atoms with van der Waals surface area (Å²) in [5, 5.41) is 4.00. The SMILES string of the molecule is CCC(OC)c1nc(C2(N)CCCC2)no1. The van der Waals surface area contributed by atoms with Gasteiger partial charge in [-0.3, -0.25) is 0 Å². The standard InChI is InChI=1S/C11H19N3O2/c1-3-8(15-2)9-13-10(14-16-9)11(12)6-4-5-7-11/h8H,3-7,12H2,1-2H3. The normalized spacial score (nSPS) is 21.2. The van der Waals surface area contributed by atoms with Gasteiger partial charge in [0.05, 0.1) is 5.54 Å². The van der Waals surface area contributed by atoms with Crippen LogP contribution in [0.4, 0.5) is 0 Å². The molecule has 1 aromatic rings. The maximum absolute atomic E-state index is 6.25. The molecule has 0 spiro atoms. The molecule has 1 heterocycles. The highest BCUT2D eigenvalue weighted by Gasteiger charge is 2.36. The van der Waals surface area contributed by atoms with E-state index in [0.717, 1.165) is 32.1 Å². The summed E-state index contributed by atoms with van der Waals surface area (Å²) in [4.78, 5) is 4.38. The summed E-state index contributed by atoms with van der Waals surface area (Å²) in [6, 6.07) is 0. The Morgan fingerprint density at radius 1 is 1.50 bits per heavy atom. The Labute approximate surface area is 95.3 Å². The van der Waals surface area contributed by atoms with E-state index in [9.17, 15) is 0 Å². The third-order valence-corrected chi connectivity index (χ3v) is 3.31.